The molecule has 0 spiro atoms. The summed E-state index contributed by atoms with van der Waals surface area (Å²) in [5.41, 5.74) is 3.59. The summed E-state index contributed by atoms with van der Waals surface area (Å²) in [6.07, 6.45) is 0.724. The monoisotopic (exact) mass is 482 g/mol. The number of nitrogens with zero attached hydrogens (tertiary/aromatic N) is 4. The van der Waals surface area contributed by atoms with Crippen LogP contribution in [0.4, 0.5) is 11.8 Å². The van der Waals surface area contributed by atoms with E-state index in [4.69, 9.17) is 15.0 Å². The molecule has 0 radical (unpaired) electrons. The van der Waals surface area contributed by atoms with Gasteiger partial charge in [0.1, 0.15) is 10.8 Å². The molecule has 1 aliphatic carbocycles. The highest BCUT2D eigenvalue weighted by molar-refractivity contribution is 7.21. The van der Waals surface area contributed by atoms with Gasteiger partial charge in [0.15, 0.2) is 0 Å². The van der Waals surface area contributed by atoms with E-state index in [9.17, 15) is 10.2 Å². The van der Waals surface area contributed by atoms with Crippen molar-refractivity contribution in [2.24, 2.45) is 5.92 Å². The number of hydrogen-bond donors (Lipinski definition) is 4. The highest BCUT2D eigenvalue weighted by atomic mass is 32.1. The molecule has 172 valence electrons. The van der Waals surface area contributed by atoms with E-state index in [1.807, 2.05) is 37.4 Å². The predicted octanol–water partition coefficient (Wildman–Crippen LogP) is 3.98. The Balaban J connectivity index is 1.49. The van der Waals surface area contributed by atoms with E-state index in [1.165, 1.54) is 0 Å². The standard InChI is InChI=1S/C23H26N6O2S2/c1-12-20(22-28-17-5-3-4-6-19(17)33-22)21(27-15-7-14(10-30)18(31)8-15)29-23(25-12)24-9-16-11-32-13(2)26-16/h3-6,11,14-15,18,30-31H,7-10H2,1-2H3,(H2,24,25,27,29)/t14-,15-,18+/m1/s1. The quantitative estimate of drug-likeness (QED) is 0.313. The fourth-order valence-corrected chi connectivity index (χ4v) is 5.94. The summed E-state index contributed by atoms with van der Waals surface area (Å²) in [5.74, 6) is 1.08. The number of benzene rings is 1. The van der Waals surface area contributed by atoms with Gasteiger partial charge in [0.05, 0.1) is 44.8 Å². The Labute approximate surface area is 199 Å². The third kappa shape index (κ3) is 4.70. The highest BCUT2D eigenvalue weighted by Crippen LogP contribution is 2.38. The lowest BCUT2D eigenvalue weighted by molar-refractivity contribution is 0.0908. The third-order valence-corrected chi connectivity index (χ3v) is 7.80. The van der Waals surface area contributed by atoms with Gasteiger partial charge in [-0.25, -0.2) is 15.0 Å². The number of fused-ring (bicyclic) bond motifs is 1. The van der Waals surface area contributed by atoms with Crippen molar-refractivity contribution in [3.05, 3.63) is 46.0 Å². The molecule has 3 aromatic heterocycles. The number of thiazole rings is 2. The molecule has 1 fully saturated rings. The van der Waals surface area contributed by atoms with Crippen LogP contribution in [-0.4, -0.2) is 48.9 Å². The fourth-order valence-electron chi connectivity index (χ4n) is 4.26. The molecule has 1 aromatic carbocycles. The topological polar surface area (TPSA) is 116 Å². The van der Waals surface area contributed by atoms with Crippen LogP contribution in [0.2, 0.25) is 0 Å². The number of hydrogen-bond acceptors (Lipinski definition) is 10. The van der Waals surface area contributed by atoms with Crippen molar-refractivity contribution < 1.29 is 10.2 Å². The fraction of sp³-hybridized carbons (Fsp3) is 0.391. The normalized spacial score (nSPS) is 20.4. The molecule has 33 heavy (non-hydrogen) atoms. The van der Waals surface area contributed by atoms with E-state index in [1.54, 1.807) is 22.7 Å². The first kappa shape index (κ1) is 22.1. The van der Waals surface area contributed by atoms with Crippen molar-refractivity contribution in [1.82, 2.24) is 19.9 Å². The number of rotatable bonds is 7. The highest BCUT2D eigenvalue weighted by Gasteiger charge is 2.33. The Morgan fingerprint density at radius 1 is 1.09 bits per heavy atom. The molecule has 1 aliphatic rings. The van der Waals surface area contributed by atoms with E-state index in [-0.39, 0.29) is 18.6 Å². The Hall–Kier alpha value is -2.66. The van der Waals surface area contributed by atoms with Crippen LogP contribution in [0.25, 0.3) is 20.8 Å². The largest absolute Gasteiger partial charge is 0.396 e. The van der Waals surface area contributed by atoms with Crippen molar-refractivity contribution >= 4 is 44.7 Å². The summed E-state index contributed by atoms with van der Waals surface area (Å²) >= 11 is 3.23. The van der Waals surface area contributed by atoms with Gasteiger partial charge in [-0.3, -0.25) is 0 Å². The number of anilines is 2. The number of aromatic nitrogens is 4. The summed E-state index contributed by atoms with van der Waals surface area (Å²) in [4.78, 5) is 18.8. The van der Waals surface area contributed by atoms with E-state index < -0.39 is 6.10 Å². The SMILES string of the molecule is Cc1nc(CNc2nc(C)c(-c3nc4ccccc4s3)c(N[C@@H]3C[C@H](CO)[C@@H](O)C3)n2)cs1. The minimum Gasteiger partial charge on any atom is -0.396 e. The van der Waals surface area contributed by atoms with Gasteiger partial charge in [0, 0.05) is 23.9 Å². The van der Waals surface area contributed by atoms with Crippen LogP contribution in [0.3, 0.4) is 0 Å². The van der Waals surface area contributed by atoms with Crippen molar-refractivity contribution in [2.75, 3.05) is 17.2 Å². The molecule has 0 unspecified atom stereocenters. The van der Waals surface area contributed by atoms with Gasteiger partial charge >= 0.3 is 0 Å². The Morgan fingerprint density at radius 2 is 1.94 bits per heavy atom. The number of aliphatic hydroxyl groups excluding tert-OH is 2. The van der Waals surface area contributed by atoms with Crippen molar-refractivity contribution in [3.63, 3.8) is 0 Å². The van der Waals surface area contributed by atoms with Crippen LogP contribution >= 0.6 is 22.7 Å². The number of para-hydroxylation sites is 1. The molecular formula is C23H26N6O2S2. The number of nitrogens with one attached hydrogen (secondary N) is 2. The lowest BCUT2D eigenvalue weighted by Crippen LogP contribution is -2.19. The van der Waals surface area contributed by atoms with Gasteiger partial charge in [0.25, 0.3) is 0 Å². The zero-order valence-corrected chi connectivity index (χ0v) is 20.1. The maximum Gasteiger partial charge on any atom is 0.225 e. The van der Waals surface area contributed by atoms with Crippen molar-refractivity contribution in [1.29, 1.82) is 0 Å². The van der Waals surface area contributed by atoms with Crippen molar-refractivity contribution in [3.8, 4) is 10.6 Å². The van der Waals surface area contributed by atoms with Crippen LogP contribution in [0.15, 0.2) is 29.6 Å². The molecule has 0 bridgehead atoms. The second-order valence-corrected chi connectivity index (χ2v) is 10.5. The second-order valence-electron chi connectivity index (χ2n) is 8.38. The molecule has 4 aromatic rings. The molecule has 0 aliphatic heterocycles. The maximum absolute atomic E-state index is 10.3. The Kier molecular flexibility index (Phi) is 6.24. The second kappa shape index (κ2) is 9.30. The summed E-state index contributed by atoms with van der Waals surface area (Å²) < 4.78 is 1.11. The number of aliphatic hydroxyl groups is 2. The van der Waals surface area contributed by atoms with Gasteiger partial charge in [0.2, 0.25) is 5.95 Å². The van der Waals surface area contributed by atoms with Crippen LogP contribution in [0, 0.1) is 19.8 Å². The average molecular weight is 483 g/mol. The lowest BCUT2D eigenvalue weighted by Gasteiger charge is -2.18. The first-order valence-corrected chi connectivity index (χ1v) is 12.6. The molecule has 4 N–H and O–H groups in total. The van der Waals surface area contributed by atoms with Gasteiger partial charge in [-0.15, -0.1) is 22.7 Å². The van der Waals surface area contributed by atoms with Gasteiger partial charge in [-0.05, 0) is 38.8 Å². The minimum absolute atomic E-state index is 0.00798. The van der Waals surface area contributed by atoms with Gasteiger partial charge in [-0.1, -0.05) is 12.1 Å². The van der Waals surface area contributed by atoms with Crippen molar-refractivity contribution in [2.45, 2.75) is 45.4 Å². The average Bonchev–Trinajstić information content (AvgIpc) is 3.49. The summed E-state index contributed by atoms with van der Waals surface area (Å²) in [5, 5.41) is 30.6. The van der Waals surface area contributed by atoms with E-state index in [0.717, 1.165) is 37.2 Å². The molecular weight excluding hydrogens is 456 g/mol. The van der Waals surface area contributed by atoms with Crippen LogP contribution < -0.4 is 10.6 Å². The van der Waals surface area contributed by atoms with Crippen LogP contribution in [0.1, 0.15) is 29.2 Å². The summed E-state index contributed by atoms with van der Waals surface area (Å²) in [7, 11) is 0. The van der Waals surface area contributed by atoms with Gasteiger partial charge in [-0.2, -0.15) is 4.98 Å². The molecule has 3 heterocycles. The molecule has 1 saturated carbocycles. The molecule has 0 amide bonds. The van der Waals surface area contributed by atoms with E-state index in [0.29, 0.717) is 31.2 Å². The van der Waals surface area contributed by atoms with Crippen LogP contribution in [-0.2, 0) is 6.54 Å². The van der Waals surface area contributed by atoms with Crippen LogP contribution in [0.5, 0.6) is 0 Å². The zero-order chi connectivity index (χ0) is 22.9. The summed E-state index contributed by atoms with van der Waals surface area (Å²) in [6, 6.07) is 8.06. The summed E-state index contributed by atoms with van der Waals surface area (Å²) in [6.45, 7) is 4.47. The smallest absolute Gasteiger partial charge is 0.225 e. The first-order chi connectivity index (χ1) is 16.0. The molecule has 8 nitrogen and oxygen atoms in total. The predicted molar refractivity (Wildman–Crippen MR) is 133 cm³/mol. The minimum atomic E-state index is -0.521. The molecule has 10 heteroatoms. The first-order valence-electron chi connectivity index (χ1n) is 10.9. The van der Waals surface area contributed by atoms with Gasteiger partial charge < -0.3 is 20.8 Å². The van der Waals surface area contributed by atoms with E-state index in [2.05, 4.69) is 21.7 Å². The van der Waals surface area contributed by atoms with E-state index >= 15 is 0 Å². The zero-order valence-electron chi connectivity index (χ0n) is 18.4. The lowest BCUT2D eigenvalue weighted by atomic mass is 10.1. The number of aryl methyl sites for hydroxylation is 2. The maximum atomic E-state index is 10.3. The molecule has 5 rings (SSSR count). The molecule has 3 atom stereocenters. The Bertz CT molecular complexity index is 1240. The Morgan fingerprint density at radius 3 is 2.67 bits per heavy atom. The third-order valence-electron chi connectivity index (χ3n) is 5.92. The molecule has 0 saturated heterocycles.